The number of hydrogen-bond donors (Lipinski definition) is 3. The SMILES string of the molecule is N=C(/C=C\c1ncc(-c2cccc(N3CCCC(CO)C3)n2)[nH]1)N1CCCC1c1cccc(F)c1. The largest absolute Gasteiger partial charge is 0.396 e. The minimum Gasteiger partial charge on any atom is -0.396 e. The molecule has 0 radical (unpaired) electrons. The Labute approximate surface area is 204 Å². The number of nitrogens with one attached hydrogen (secondary N) is 2. The summed E-state index contributed by atoms with van der Waals surface area (Å²) in [6.07, 6.45) is 9.29. The Morgan fingerprint density at radius 1 is 1.17 bits per heavy atom. The number of amidine groups is 1. The summed E-state index contributed by atoms with van der Waals surface area (Å²) in [6, 6.07) is 12.6. The second kappa shape index (κ2) is 10.4. The number of piperidine rings is 1. The summed E-state index contributed by atoms with van der Waals surface area (Å²) in [5.41, 5.74) is 2.53. The van der Waals surface area contributed by atoms with E-state index in [0.717, 1.165) is 68.1 Å². The predicted octanol–water partition coefficient (Wildman–Crippen LogP) is 4.65. The summed E-state index contributed by atoms with van der Waals surface area (Å²) >= 11 is 0. The molecule has 0 amide bonds. The van der Waals surface area contributed by atoms with Gasteiger partial charge in [-0.3, -0.25) is 5.41 Å². The van der Waals surface area contributed by atoms with Gasteiger partial charge in [0.15, 0.2) is 0 Å². The van der Waals surface area contributed by atoms with Crippen molar-refractivity contribution in [3.63, 3.8) is 0 Å². The summed E-state index contributed by atoms with van der Waals surface area (Å²) in [4.78, 5) is 16.8. The monoisotopic (exact) mass is 474 g/mol. The lowest BCUT2D eigenvalue weighted by Gasteiger charge is -2.32. The lowest BCUT2D eigenvalue weighted by atomic mass is 9.99. The van der Waals surface area contributed by atoms with Crippen molar-refractivity contribution < 1.29 is 9.50 Å². The topological polar surface area (TPSA) is 92.1 Å². The van der Waals surface area contributed by atoms with Crippen LogP contribution in [0, 0.1) is 17.1 Å². The van der Waals surface area contributed by atoms with E-state index in [0.29, 0.717) is 17.6 Å². The number of H-pyrrole nitrogens is 1. The van der Waals surface area contributed by atoms with Crippen LogP contribution < -0.4 is 4.90 Å². The van der Waals surface area contributed by atoms with Gasteiger partial charge >= 0.3 is 0 Å². The number of halogens is 1. The van der Waals surface area contributed by atoms with E-state index >= 15 is 0 Å². The maximum Gasteiger partial charge on any atom is 0.130 e. The molecule has 0 aliphatic carbocycles. The van der Waals surface area contributed by atoms with Crippen LogP contribution in [-0.4, -0.2) is 57.0 Å². The van der Waals surface area contributed by atoms with Gasteiger partial charge < -0.3 is 19.9 Å². The molecule has 3 N–H and O–H groups in total. The van der Waals surface area contributed by atoms with E-state index in [1.54, 1.807) is 30.5 Å². The van der Waals surface area contributed by atoms with E-state index in [4.69, 9.17) is 10.4 Å². The van der Waals surface area contributed by atoms with Crippen LogP contribution >= 0.6 is 0 Å². The third-order valence-electron chi connectivity index (χ3n) is 6.90. The molecular formula is C27H31FN6O. The van der Waals surface area contributed by atoms with Crippen molar-refractivity contribution in [3.8, 4) is 11.4 Å². The zero-order valence-electron chi connectivity index (χ0n) is 19.7. The fourth-order valence-corrected chi connectivity index (χ4v) is 5.09. The molecule has 1 aromatic carbocycles. The van der Waals surface area contributed by atoms with Gasteiger partial charge in [0.1, 0.15) is 23.3 Å². The van der Waals surface area contributed by atoms with Gasteiger partial charge in [-0.05, 0) is 73.6 Å². The number of rotatable bonds is 6. The highest BCUT2D eigenvalue weighted by Crippen LogP contribution is 2.32. The number of benzene rings is 1. The number of aliphatic hydroxyl groups is 1. The summed E-state index contributed by atoms with van der Waals surface area (Å²) in [5, 5.41) is 18.1. The Hall–Kier alpha value is -3.52. The van der Waals surface area contributed by atoms with Crippen molar-refractivity contribution in [1.29, 1.82) is 5.41 Å². The molecule has 2 atom stereocenters. The maximum atomic E-state index is 13.7. The van der Waals surface area contributed by atoms with Gasteiger partial charge in [0.05, 0.1) is 23.6 Å². The molecule has 4 heterocycles. The fourth-order valence-electron chi connectivity index (χ4n) is 5.09. The normalized spacial score (nSPS) is 20.6. The number of pyridine rings is 1. The van der Waals surface area contributed by atoms with E-state index in [-0.39, 0.29) is 18.5 Å². The van der Waals surface area contributed by atoms with Crippen LogP contribution in [0.15, 0.2) is 54.7 Å². The smallest absolute Gasteiger partial charge is 0.130 e. The maximum absolute atomic E-state index is 13.7. The Morgan fingerprint density at radius 2 is 2.03 bits per heavy atom. The second-order valence-corrected chi connectivity index (χ2v) is 9.32. The molecule has 2 aliphatic heterocycles. The van der Waals surface area contributed by atoms with Crippen LogP contribution in [0.3, 0.4) is 0 Å². The molecule has 0 saturated carbocycles. The molecule has 5 rings (SSSR count). The van der Waals surface area contributed by atoms with Crippen molar-refractivity contribution >= 4 is 17.7 Å². The summed E-state index contributed by atoms with van der Waals surface area (Å²) < 4.78 is 13.7. The number of nitrogens with zero attached hydrogens (tertiary/aromatic N) is 4. The molecule has 7 nitrogen and oxygen atoms in total. The van der Waals surface area contributed by atoms with Crippen LogP contribution in [0.2, 0.25) is 0 Å². The van der Waals surface area contributed by atoms with Crippen LogP contribution in [0.1, 0.15) is 43.1 Å². The molecule has 2 aromatic heterocycles. The predicted molar refractivity (Wildman–Crippen MR) is 136 cm³/mol. The Balaban J connectivity index is 1.27. The van der Waals surface area contributed by atoms with Gasteiger partial charge in [0.25, 0.3) is 0 Å². The van der Waals surface area contributed by atoms with Crippen molar-refractivity contribution in [2.24, 2.45) is 5.92 Å². The van der Waals surface area contributed by atoms with Gasteiger partial charge in [-0.15, -0.1) is 0 Å². The third-order valence-corrected chi connectivity index (χ3v) is 6.90. The number of aliphatic hydroxyl groups excluding tert-OH is 1. The molecule has 182 valence electrons. The highest BCUT2D eigenvalue weighted by Gasteiger charge is 2.27. The number of anilines is 1. The van der Waals surface area contributed by atoms with Crippen LogP contribution in [0.4, 0.5) is 10.2 Å². The summed E-state index contributed by atoms with van der Waals surface area (Å²) in [6.45, 7) is 2.75. The van der Waals surface area contributed by atoms with Gasteiger partial charge in [0.2, 0.25) is 0 Å². The molecule has 2 unspecified atom stereocenters. The van der Waals surface area contributed by atoms with Crippen LogP contribution in [-0.2, 0) is 0 Å². The molecule has 2 saturated heterocycles. The third kappa shape index (κ3) is 5.27. The van der Waals surface area contributed by atoms with Crippen molar-refractivity contribution in [3.05, 3.63) is 71.9 Å². The van der Waals surface area contributed by atoms with E-state index in [1.165, 1.54) is 6.07 Å². The minimum absolute atomic E-state index is 0.0159. The summed E-state index contributed by atoms with van der Waals surface area (Å²) in [5.74, 6) is 2.00. The zero-order valence-corrected chi connectivity index (χ0v) is 19.7. The quantitative estimate of drug-likeness (QED) is 0.357. The lowest BCUT2D eigenvalue weighted by Crippen LogP contribution is -2.37. The first kappa shape index (κ1) is 23.2. The standard InChI is InChI=1S/C27H31FN6O/c28-21-7-1-6-20(15-21)24-9-4-14-34(24)25(29)11-12-26-30-16-23(31-26)22-8-2-10-27(32-22)33-13-3-5-19(17-33)18-35/h1-2,6-8,10-12,15-16,19,24,29,35H,3-5,9,13-14,17-18H2,(H,30,31)/b12-11-,29-25?. The highest BCUT2D eigenvalue weighted by molar-refractivity contribution is 5.94. The molecule has 8 heteroatoms. The van der Waals surface area contributed by atoms with E-state index in [9.17, 15) is 9.50 Å². The van der Waals surface area contributed by atoms with Crippen LogP contribution in [0.5, 0.6) is 0 Å². The average Bonchev–Trinajstić information content (AvgIpc) is 3.58. The molecule has 3 aromatic rings. The molecule has 0 spiro atoms. The first-order chi connectivity index (χ1) is 17.1. The van der Waals surface area contributed by atoms with Gasteiger partial charge in [-0.25, -0.2) is 14.4 Å². The number of aromatic nitrogens is 3. The Kier molecular flexibility index (Phi) is 6.90. The van der Waals surface area contributed by atoms with Crippen LogP contribution in [0.25, 0.3) is 17.5 Å². The van der Waals surface area contributed by atoms with Gasteiger partial charge in [0, 0.05) is 26.2 Å². The van der Waals surface area contributed by atoms with E-state index in [2.05, 4.69) is 14.9 Å². The number of imidazole rings is 1. The highest BCUT2D eigenvalue weighted by atomic mass is 19.1. The van der Waals surface area contributed by atoms with Crippen molar-refractivity contribution in [1.82, 2.24) is 19.9 Å². The number of likely N-dealkylation sites (tertiary alicyclic amines) is 1. The molecule has 2 fully saturated rings. The van der Waals surface area contributed by atoms with Gasteiger partial charge in [-0.2, -0.15) is 0 Å². The van der Waals surface area contributed by atoms with Crippen molar-refractivity contribution in [2.45, 2.75) is 31.7 Å². The van der Waals surface area contributed by atoms with Crippen molar-refractivity contribution in [2.75, 3.05) is 31.1 Å². The minimum atomic E-state index is -0.245. The van der Waals surface area contributed by atoms with E-state index < -0.39 is 0 Å². The Bertz CT molecular complexity index is 1210. The van der Waals surface area contributed by atoms with E-state index in [1.807, 2.05) is 29.2 Å². The first-order valence-corrected chi connectivity index (χ1v) is 12.3. The zero-order chi connectivity index (χ0) is 24.2. The average molecular weight is 475 g/mol. The molecule has 35 heavy (non-hydrogen) atoms. The summed E-state index contributed by atoms with van der Waals surface area (Å²) in [7, 11) is 0. The molecule has 0 bridgehead atoms. The molecule has 2 aliphatic rings. The van der Waals surface area contributed by atoms with Gasteiger partial charge in [-0.1, -0.05) is 18.2 Å². The fraction of sp³-hybridized carbons (Fsp3) is 0.370. The number of aromatic amines is 1. The Morgan fingerprint density at radius 3 is 2.89 bits per heavy atom. The first-order valence-electron chi connectivity index (χ1n) is 12.3. The molecular weight excluding hydrogens is 443 g/mol. The number of hydrogen-bond acceptors (Lipinski definition) is 5. The second-order valence-electron chi connectivity index (χ2n) is 9.32. The lowest BCUT2D eigenvalue weighted by molar-refractivity contribution is 0.208.